The number of halogens is 1. The van der Waals surface area contributed by atoms with Gasteiger partial charge in [0.2, 0.25) is 17.7 Å². The zero-order valence-electron chi connectivity index (χ0n) is 17.9. The van der Waals surface area contributed by atoms with Crippen molar-refractivity contribution in [1.82, 2.24) is 15.1 Å². The van der Waals surface area contributed by atoms with E-state index in [1.807, 2.05) is 24.3 Å². The summed E-state index contributed by atoms with van der Waals surface area (Å²) in [6.45, 7) is 6.43. The number of likely N-dealkylation sites (N-methyl/N-ethyl adjacent to an activating group) is 1. The Balaban J connectivity index is 1.57. The maximum absolute atomic E-state index is 12.6. The average molecular weight is 434 g/mol. The number of rotatable bonds is 9. The first-order valence-corrected chi connectivity index (χ1v) is 11.5. The second-order valence-corrected chi connectivity index (χ2v) is 8.55. The lowest BCUT2D eigenvalue weighted by atomic mass is 9.81. The van der Waals surface area contributed by atoms with E-state index in [0.29, 0.717) is 11.6 Å². The molecule has 1 aliphatic carbocycles. The Morgan fingerprint density at radius 1 is 1.13 bits per heavy atom. The van der Waals surface area contributed by atoms with E-state index in [1.54, 1.807) is 0 Å². The number of carbonyl (C=O) groups is 3. The van der Waals surface area contributed by atoms with Gasteiger partial charge in [-0.1, -0.05) is 56.5 Å². The molecule has 6 nitrogen and oxygen atoms in total. The van der Waals surface area contributed by atoms with E-state index in [1.165, 1.54) is 4.90 Å². The summed E-state index contributed by atoms with van der Waals surface area (Å²) in [5.41, 5.74) is 0.983. The molecule has 2 fully saturated rings. The van der Waals surface area contributed by atoms with Crippen molar-refractivity contribution in [3.8, 4) is 0 Å². The standard InChI is InChI=1S/C23H32ClN3O3/c1-3-26(4-2)20(18-11-7-8-12-19(18)24)15-25-21(28)13-14-27-22(29)16-9-5-6-10-17(16)23(27)30/h7-8,11-12,16-17,20H,3-6,9-10,13-15H2,1-2H3,(H,25,28)/t16-,17+,20-/m0/s1. The van der Waals surface area contributed by atoms with Gasteiger partial charge in [-0.25, -0.2) is 0 Å². The van der Waals surface area contributed by atoms with Crippen LogP contribution in [0.15, 0.2) is 24.3 Å². The summed E-state index contributed by atoms with van der Waals surface area (Å²) in [6, 6.07) is 7.66. The molecule has 0 bridgehead atoms. The predicted molar refractivity (Wildman–Crippen MR) is 117 cm³/mol. The fourth-order valence-corrected chi connectivity index (χ4v) is 5.07. The van der Waals surface area contributed by atoms with E-state index in [-0.39, 0.29) is 48.6 Å². The molecule has 1 N–H and O–H groups in total. The van der Waals surface area contributed by atoms with Gasteiger partial charge in [0, 0.05) is 24.5 Å². The van der Waals surface area contributed by atoms with E-state index < -0.39 is 0 Å². The topological polar surface area (TPSA) is 69.7 Å². The van der Waals surface area contributed by atoms with Gasteiger partial charge >= 0.3 is 0 Å². The van der Waals surface area contributed by atoms with Crippen molar-refractivity contribution in [1.29, 1.82) is 0 Å². The lowest BCUT2D eigenvalue weighted by Gasteiger charge is -2.31. The summed E-state index contributed by atoms with van der Waals surface area (Å²) in [6.07, 6.45) is 3.72. The minimum absolute atomic E-state index is 0.0319. The molecule has 3 atom stereocenters. The van der Waals surface area contributed by atoms with Crippen LogP contribution in [-0.2, 0) is 14.4 Å². The molecule has 1 aromatic rings. The summed E-state index contributed by atoms with van der Waals surface area (Å²) in [5.74, 6) is -0.665. The molecular formula is C23H32ClN3O3. The van der Waals surface area contributed by atoms with Crippen LogP contribution in [0.3, 0.4) is 0 Å². The number of nitrogens with zero attached hydrogens (tertiary/aromatic N) is 2. The van der Waals surface area contributed by atoms with Crippen molar-refractivity contribution in [3.05, 3.63) is 34.9 Å². The molecule has 7 heteroatoms. The van der Waals surface area contributed by atoms with Gasteiger partial charge < -0.3 is 5.32 Å². The first-order chi connectivity index (χ1) is 14.5. The molecule has 1 heterocycles. The number of likely N-dealkylation sites (tertiary alicyclic amines) is 1. The molecule has 2 aliphatic rings. The monoisotopic (exact) mass is 433 g/mol. The van der Waals surface area contributed by atoms with Gasteiger partial charge in [-0.15, -0.1) is 0 Å². The lowest BCUT2D eigenvalue weighted by Crippen LogP contribution is -2.40. The van der Waals surface area contributed by atoms with Gasteiger partial charge in [0.15, 0.2) is 0 Å². The van der Waals surface area contributed by atoms with Crippen LogP contribution in [0.1, 0.15) is 57.6 Å². The Hall–Kier alpha value is -1.92. The number of carbonyl (C=O) groups excluding carboxylic acids is 3. The molecule has 1 aromatic carbocycles. The van der Waals surface area contributed by atoms with Crippen LogP contribution in [0.4, 0.5) is 0 Å². The first kappa shape index (κ1) is 22.8. The third-order valence-corrected chi connectivity index (χ3v) is 6.85. The van der Waals surface area contributed by atoms with Crippen molar-refractivity contribution in [3.63, 3.8) is 0 Å². The molecule has 164 valence electrons. The Morgan fingerprint density at radius 3 is 2.30 bits per heavy atom. The molecule has 0 aromatic heterocycles. The van der Waals surface area contributed by atoms with Crippen LogP contribution >= 0.6 is 11.6 Å². The van der Waals surface area contributed by atoms with E-state index >= 15 is 0 Å². The molecule has 0 unspecified atom stereocenters. The maximum atomic E-state index is 12.6. The number of benzene rings is 1. The van der Waals surface area contributed by atoms with E-state index in [0.717, 1.165) is 44.3 Å². The molecule has 3 rings (SSSR count). The highest BCUT2D eigenvalue weighted by Gasteiger charge is 2.47. The molecule has 1 saturated heterocycles. The number of amides is 3. The second kappa shape index (κ2) is 10.4. The minimum Gasteiger partial charge on any atom is -0.354 e. The highest BCUT2D eigenvalue weighted by atomic mass is 35.5. The van der Waals surface area contributed by atoms with E-state index in [9.17, 15) is 14.4 Å². The third-order valence-electron chi connectivity index (χ3n) is 6.50. The SMILES string of the molecule is CCN(CC)[C@@H](CNC(=O)CCN1C(=O)[C@H]2CCCC[C@H]2C1=O)c1ccccc1Cl. The molecule has 3 amide bonds. The van der Waals surface area contributed by atoms with Crippen LogP contribution in [0.25, 0.3) is 0 Å². The summed E-state index contributed by atoms with van der Waals surface area (Å²) >= 11 is 6.41. The van der Waals surface area contributed by atoms with Crippen molar-refractivity contribution >= 4 is 29.3 Å². The van der Waals surface area contributed by atoms with Crippen LogP contribution < -0.4 is 5.32 Å². The number of imide groups is 1. The quantitative estimate of drug-likeness (QED) is 0.606. The van der Waals surface area contributed by atoms with E-state index in [4.69, 9.17) is 11.6 Å². The molecule has 0 radical (unpaired) electrons. The van der Waals surface area contributed by atoms with Gasteiger partial charge in [-0.2, -0.15) is 0 Å². The second-order valence-electron chi connectivity index (χ2n) is 8.14. The van der Waals surface area contributed by atoms with Gasteiger partial charge in [-0.05, 0) is 37.6 Å². The van der Waals surface area contributed by atoms with Crippen molar-refractivity contribution in [2.24, 2.45) is 11.8 Å². The van der Waals surface area contributed by atoms with Gasteiger partial charge in [0.1, 0.15) is 0 Å². The molecule has 1 aliphatic heterocycles. The Labute approximate surface area is 183 Å². The number of hydrogen-bond acceptors (Lipinski definition) is 4. The van der Waals surface area contributed by atoms with Gasteiger partial charge in [-0.3, -0.25) is 24.2 Å². The zero-order chi connectivity index (χ0) is 21.7. The van der Waals surface area contributed by atoms with Crippen LogP contribution in [-0.4, -0.2) is 53.7 Å². The lowest BCUT2D eigenvalue weighted by molar-refractivity contribution is -0.140. The fourth-order valence-electron chi connectivity index (χ4n) is 4.81. The van der Waals surface area contributed by atoms with Crippen molar-refractivity contribution < 1.29 is 14.4 Å². The van der Waals surface area contributed by atoms with Gasteiger partial charge in [0.25, 0.3) is 0 Å². The number of fused-ring (bicyclic) bond motifs is 1. The minimum atomic E-state index is -0.165. The van der Waals surface area contributed by atoms with Crippen molar-refractivity contribution in [2.75, 3.05) is 26.2 Å². The smallest absolute Gasteiger partial charge is 0.233 e. The van der Waals surface area contributed by atoms with Gasteiger partial charge in [0.05, 0.1) is 17.9 Å². The maximum Gasteiger partial charge on any atom is 0.233 e. The average Bonchev–Trinajstić information content (AvgIpc) is 3.00. The van der Waals surface area contributed by atoms with Crippen LogP contribution in [0, 0.1) is 11.8 Å². The van der Waals surface area contributed by atoms with E-state index in [2.05, 4.69) is 24.1 Å². The summed E-state index contributed by atoms with van der Waals surface area (Å²) in [5, 5.41) is 3.67. The summed E-state index contributed by atoms with van der Waals surface area (Å²) < 4.78 is 0. The number of hydrogen-bond donors (Lipinski definition) is 1. The highest BCUT2D eigenvalue weighted by molar-refractivity contribution is 6.31. The summed E-state index contributed by atoms with van der Waals surface area (Å²) in [4.78, 5) is 41.2. The normalized spacial score (nSPS) is 22.3. The Kier molecular flexibility index (Phi) is 7.89. The highest BCUT2D eigenvalue weighted by Crippen LogP contribution is 2.38. The Bertz CT molecular complexity index is 757. The third kappa shape index (κ3) is 4.86. The van der Waals surface area contributed by atoms with Crippen molar-refractivity contribution in [2.45, 2.75) is 52.0 Å². The summed E-state index contributed by atoms with van der Waals surface area (Å²) in [7, 11) is 0. The molecule has 30 heavy (non-hydrogen) atoms. The zero-order valence-corrected chi connectivity index (χ0v) is 18.7. The Morgan fingerprint density at radius 2 is 1.73 bits per heavy atom. The molecule has 1 saturated carbocycles. The van der Waals surface area contributed by atoms with Crippen LogP contribution in [0.2, 0.25) is 5.02 Å². The number of nitrogens with one attached hydrogen (secondary N) is 1. The van der Waals surface area contributed by atoms with Crippen LogP contribution in [0.5, 0.6) is 0 Å². The predicted octanol–water partition coefficient (Wildman–Crippen LogP) is 3.40. The molecular weight excluding hydrogens is 402 g/mol. The fraction of sp³-hybridized carbons (Fsp3) is 0.609. The molecule has 0 spiro atoms. The first-order valence-electron chi connectivity index (χ1n) is 11.1. The largest absolute Gasteiger partial charge is 0.354 e.